The monoisotopic (exact) mass is 429 g/mol. The maximum absolute atomic E-state index is 12.4. The van der Waals surface area contributed by atoms with E-state index in [1.807, 2.05) is 31.2 Å². The predicted octanol–water partition coefficient (Wildman–Crippen LogP) is 4.46. The minimum Gasteiger partial charge on any atom is -0.462 e. The number of hydrogen-bond donors (Lipinski definition) is 1. The van der Waals surface area contributed by atoms with E-state index in [4.69, 9.17) is 4.74 Å². The van der Waals surface area contributed by atoms with Gasteiger partial charge in [0, 0.05) is 12.5 Å². The molecule has 1 heterocycles. The third-order valence-electron chi connectivity index (χ3n) is 2.97. The number of hydrogen-bond acceptors (Lipinski definition) is 4. The molecule has 1 amide bonds. The van der Waals surface area contributed by atoms with Gasteiger partial charge in [-0.15, -0.1) is 11.3 Å². The molecule has 0 saturated carbocycles. The van der Waals surface area contributed by atoms with Gasteiger partial charge < -0.3 is 10.1 Å². The first-order valence-electron chi connectivity index (χ1n) is 6.78. The van der Waals surface area contributed by atoms with E-state index in [0.717, 1.165) is 19.6 Å². The molecule has 0 bridgehead atoms. The lowest BCUT2D eigenvalue weighted by Gasteiger charge is -2.08. The highest BCUT2D eigenvalue weighted by atomic mass is 127. The number of benzene rings is 1. The fourth-order valence-electron chi connectivity index (χ4n) is 2.03. The quantitative estimate of drug-likeness (QED) is 0.577. The highest BCUT2D eigenvalue weighted by molar-refractivity contribution is 14.1. The van der Waals surface area contributed by atoms with E-state index in [2.05, 4.69) is 27.9 Å². The fraction of sp³-hybridized carbons (Fsp3) is 0.250. The fourth-order valence-corrected chi connectivity index (χ4v) is 4.25. The number of amides is 1. The van der Waals surface area contributed by atoms with Crippen LogP contribution < -0.4 is 5.32 Å². The second kappa shape index (κ2) is 7.23. The van der Waals surface area contributed by atoms with E-state index < -0.39 is 5.97 Å². The van der Waals surface area contributed by atoms with Gasteiger partial charge >= 0.3 is 5.97 Å². The first-order chi connectivity index (χ1) is 10.4. The summed E-state index contributed by atoms with van der Waals surface area (Å²) in [6, 6.07) is 7.94. The molecule has 2 rings (SSSR count). The summed E-state index contributed by atoms with van der Waals surface area (Å²) in [6.07, 6.45) is 0. The van der Waals surface area contributed by atoms with Crippen LogP contribution in [-0.4, -0.2) is 18.5 Å². The molecule has 6 heteroatoms. The van der Waals surface area contributed by atoms with Crippen LogP contribution in [-0.2, 0) is 9.53 Å². The lowest BCUT2D eigenvalue weighted by atomic mass is 10.0. The molecule has 0 unspecified atom stereocenters. The lowest BCUT2D eigenvalue weighted by Crippen LogP contribution is -2.11. The molecule has 1 aromatic carbocycles. The van der Waals surface area contributed by atoms with E-state index >= 15 is 0 Å². The van der Waals surface area contributed by atoms with Crippen LogP contribution in [0, 0.1) is 9.81 Å². The molecular weight excluding hydrogens is 413 g/mol. The molecule has 0 saturated heterocycles. The standard InChI is InChI=1S/C16H16INO3S/c1-4-21-16(20)13-12(11-7-5-9(2)6-8-11)14(17)22-15(13)18-10(3)19/h5-8H,4H2,1-3H3,(H,18,19). The Labute approximate surface area is 147 Å². The van der Waals surface area contributed by atoms with Crippen molar-refractivity contribution in [3.63, 3.8) is 0 Å². The number of thiophene rings is 1. The van der Waals surface area contributed by atoms with Gasteiger partial charge in [0.1, 0.15) is 10.6 Å². The molecule has 0 aliphatic carbocycles. The molecule has 116 valence electrons. The molecular formula is C16H16INO3S. The molecule has 0 aliphatic heterocycles. The summed E-state index contributed by atoms with van der Waals surface area (Å²) < 4.78 is 6.10. The van der Waals surface area contributed by atoms with E-state index in [1.54, 1.807) is 6.92 Å². The van der Waals surface area contributed by atoms with Crippen molar-refractivity contribution in [3.05, 3.63) is 38.3 Å². The number of esters is 1. The Balaban J connectivity index is 2.60. The molecule has 2 aromatic rings. The average Bonchev–Trinajstić information content (AvgIpc) is 2.75. The Morgan fingerprint density at radius 2 is 1.91 bits per heavy atom. The van der Waals surface area contributed by atoms with E-state index in [-0.39, 0.29) is 12.5 Å². The van der Waals surface area contributed by atoms with Gasteiger partial charge in [-0.1, -0.05) is 29.8 Å². The summed E-state index contributed by atoms with van der Waals surface area (Å²) in [5, 5.41) is 3.26. The molecule has 0 atom stereocenters. The number of rotatable bonds is 4. The number of aryl methyl sites for hydroxylation is 1. The zero-order valence-electron chi connectivity index (χ0n) is 12.5. The van der Waals surface area contributed by atoms with Crippen LogP contribution in [0.2, 0.25) is 0 Å². The summed E-state index contributed by atoms with van der Waals surface area (Å²) in [5.41, 5.74) is 3.32. The van der Waals surface area contributed by atoms with Crippen LogP contribution in [0.25, 0.3) is 11.1 Å². The lowest BCUT2D eigenvalue weighted by molar-refractivity contribution is -0.114. The van der Waals surface area contributed by atoms with E-state index in [1.165, 1.54) is 18.3 Å². The summed E-state index contributed by atoms with van der Waals surface area (Å²) in [4.78, 5) is 23.7. The number of carbonyl (C=O) groups excluding carboxylic acids is 2. The summed E-state index contributed by atoms with van der Waals surface area (Å²) in [7, 11) is 0. The zero-order valence-corrected chi connectivity index (χ0v) is 15.5. The van der Waals surface area contributed by atoms with Crippen molar-refractivity contribution >= 4 is 50.8 Å². The SMILES string of the molecule is CCOC(=O)c1c(NC(C)=O)sc(I)c1-c1ccc(C)cc1. The Bertz CT molecular complexity index is 707. The van der Waals surface area contributed by atoms with Crippen molar-refractivity contribution in [2.45, 2.75) is 20.8 Å². The predicted molar refractivity (Wildman–Crippen MR) is 97.5 cm³/mol. The minimum absolute atomic E-state index is 0.210. The third-order valence-corrected chi connectivity index (χ3v) is 5.07. The summed E-state index contributed by atoms with van der Waals surface area (Å²) in [5.74, 6) is -0.625. The molecule has 22 heavy (non-hydrogen) atoms. The van der Waals surface area contributed by atoms with Crippen molar-refractivity contribution < 1.29 is 14.3 Å². The third kappa shape index (κ3) is 3.67. The van der Waals surface area contributed by atoms with Gasteiger partial charge in [0.2, 0.25) is 5.91 Å². The number of nitrogens with one attached hydrogen (secondary N) is 1. The van der Waals surface area contributed by atoms with Crippen LogP contribution in [0.4, 0.5) is 5.00 Å². The van der Waals surface area contributed by atoms with Crippen LogP contribution >= 0.6 is 33.9 Å². The second-order valence-corrected chi connectivity index (χ2v) is 7.55. The number of ether oxygens (including phenoxy) is 1. The minimum atomic E-state index is -0.416. The van der Waals surface area contributed by atoms with Crippen LogP contribution in [0.5, 0.6) is 0 Å². The van der Waals surface area contributed by atoms with Gasteiger partial charge in [-0.25, -0.2) is 4.79 Å². The van der Waals surface area contributed by atoms with Crippen molar-refractivity contribution in [1.29, 1.82) is 0 Å². The summed E-state index contributed by atoms with van der Waals surface area (Å²) >= 11 is 3.56. The highest BCUT2D eigenvalue weighted by Crippen LogP contribution is 2.41. The van der Waals surface area contributed by atoms with Crippen LogP contribution in [0.1, 0.15) is 29.8 Å². The Morgan fingerprint density at radius 1 is 1.27 bits per heavy atom. The Morgan fingerprint density at radius 3 is 2.45 bits per heavy atom. The molecule has 0 radical (unpaired) electrons. The molecule has 0 spiro atoms. The summed E-state index contributed by atoms with van der Waals surface area (Å²) in [6.45, 7) is 5.49. The topological polar surface area (TPSA) is 55.4 Å². The first kappa shape index (κ1) is 17.0. The maximum Gasteiger partial charge on any atom is 0.341 e. The normalized spacial score (nSPS) is 10.4. The van der Waals surface area contributed by atoms with Gasteiger partial charge in [0.25, 0.3) is 0 Å². The Kier molecular flexibility index (Phi) is 5.57. The van der Waals surface area contributed by atoms with E-state index in [9.17, 15) is 9.59 Å². The highest BCUT2D eigenvalue weighted by Gasteiger charge is 2.25. The van der Waals surface area contributed by atoms with Crippen molar-refractivity contribution in [2.24, 2.45) is 0 Å². The molecule has 0 fully saturated rings. The maximum atomic E-state index is 12.4. The number of anilines is 1. The van der Waals surface area contributed by atoms with Gasteiger partial charge in [-0.2, -0.15) is 0 Å². The number of halogens is 1. The van der Waals surface area contributed by atoms with Gasteiger partial charge in [-0.05, 0) is 42.0 Å². The first-order valence-corrected chi connectivity index (χ1v) is 8.67. The number of carbonyl (C=O) groups is 2. The van der Waals surface area contributed by atoms with E-state index in [0.29, 0.717) is 10.6 Å². The smallest absolute Gasteiger partial charge is 0.341 e. The molecule has 0 aliphatic rings. The molecule has 1 N–H and O–H groups in total. The molecule has 1 aromatic heterocycles. The van der Waals surface area contributed by atoms with Crippen molar-refractivity contribution in [3.8, 4) is 11.1 Å². The van der Waals surface area contributed by atoms with Gasteiger partial charge in [0.15, 0.2) is 0 Å². The largest absolute Gasteiger partial charge is 0.462 e. The van der Waals surface area contributed by atoms with Crippen LogP contribution in [0.15, 0.2) is 24.3 Å². The van der Waals surface area contributed by atoms with Crippen molar-refractivity contribution in [2.75, 3.05) is 11.9 Å². The Hall–Kier alpha value is -1.41. The zero-order chi connectivity index (χ0) is 16.3. The van der Waals surface area contributed by atoms with Gasteiger partial charge in [-0.3, -0.25) is 4.79 Å². The van der Waals surface area contributed by atoms with Crippen LogP contribution in [0.3, 0.4) is 0 Å². The average molecular weight is 429 g/mol. The van der Waals surface area contributed by atoms with Crippen molar-refractivity contribution in [1.82, 2.24) is 0 Å². The van der Waals surface area contributed by atoms with Gasteiger partial charge in [0.05, 0.1) is 9.49 Å². The second-order valence-electron chi connectivity index (χ2n) is 4.72. The molecule has 4 nitrogen and oxygen atoms in total.